The van der Waals surface area contributed by atoms with Crippen molar-refractivity contribution >= 4 is 0 Å². The third-order valence-corrected chi connectivity index (χ3v) is 5.56. The van der Waals surface area contributed by atoms with Crippen molar-refractivity contribution in [3.05, 3.63) is 59.7 Å². The molecule has 3 aromatic rings. The Hall–Kier alpha value is -2.65. The Morgan fingerprint density at radius 2 is 1.80 bits per heavy atom. The molecule has 7 nitrogen and oxygen atoms in total. The van der Waals surface area contributed by atoms with Gasteiger partial charge in [-0.2, -0.15) is 0 Å². The number of nitrogens with zero attached hydrogens (tertiary/aromatic N) is 2. The Morgan fingerprint density at radius 3 is 2.47 bits per heavy atom. The van der Waals surface area contributed by atoms with Crippen LogP contribution in [0.1, 0.15) is 24.5 Å². The van der Waals surface area contributed by atoms with Gasteiger partial charge >= 0.3 is 0 Å². The Labute approximate surface area is 172 Å². The van der Waals surface area contributed by atoms with Gasteiger partial charge < -0.3 is 24.5 Å². The minimum absolute atomic E-state index is 0.113. The summed E-state index contributed by atoms with van der Waals surface area (Å²) in [7, 11) is 0. The van der Waals surface area contributed by atoms with Gasteiger partial charge in [-0.15, -0.1) is 10.2 Å². The van der Waals surface area contributed by atoms with Crippen LogP contribution < -0.4 is 0 Å². The Balaban J connectivity index is 1.64. The van der Waals surface area contributed by atoms with E-state index in [1.54, 1.807) is 44.2 Å². The zero-order chi connectivity index (χ0) is 21.4. The van der Waals surface area contributed by atoms with Crippen molar-refractivity contribution in [2.24, 2.45) is 5.92 Å². The predicted molar refractivity (Wildman–Crippen MR) is 106 cm³/mol. The summed E-state index contributed by atoms with van der Waals surface area (Å²) < 4.78 is 25.8. The summed E-state index contributed by atoms with van der Waals surface area (Å²) in [5, 5.41) is 37.9. The average molecular weight is 414 g/mol. The lowest BCUT2D eigenvalue weighted by Gasteiger charge is -2.41. The average Bonchev–Trinajstić information content (AvgIpc) is 3.18. The predicted octanol–water partition coefficient (Wildman–Crippen LogP) is 2.64. The lowest BCUT2D eigenvalue weighted by molar-refractivity contribution is -0.206. The van der Waals surface area contributed by atoms with E-state index in [2.05, 4.69) is 10.2 Å². The highest BCUT2D eigenvalue weighted by Crippen LogP contribution is 2.36. The molecule has 0 radical (unpaired) electrons. The van der Waals surface area contributed by atoms with Gasteiger partial charge in [-0.05, 0) is 34.9 Å². The molecule has 0 saturated carbocycles. The van der Waals surface area contributed by atoms with E-state index in [1.807, 2.05) is 6.07 Å². The molecule has 1 fully saturated rings. The SMILES string of the molecule is Cc1nnc(-c2ccc(-c3cccc(C4OC(CO)C(C)C(O)C4O)c3)cc2F)o1. The standard InChI is InChI=1S/C22H23FN2O5/c1-11-18(10-26)30-21(20(28)19(11)27)15-5-3-4-13(8-15)14-6-7-16(17(23)9-14)22-25-24-12(2)29-22/h3-9,11,18-21,26-28H,10H2,1-2H3. The zero-order valence-corrected chi connectivity index (χ0v) is 16.6. The monoisotopic (exact) mass is 414 g/mol. The van der Waals surface area contributed by atoms with E-state index in [0.717, 1.165) is 0 Å². The minimum atomic E-state index is -1.14. The highest BCUT2D eigenvalue weighted by Gasteiger charge is 2.42. The van der Waals surface area contributed by atoms with Crippen molar-refractivity contribution in [1.29, 1.82) is 0 Å². The summed E-state index contributed by atoms with van der Waals surface area (Å²) >= 11 is 0. The quantitative estimate of drug-likeness (QED) is 0.602. The highest BCUT2D eigenvalue weighted by molar-refractivity contribution is 5.68. The summed E-state index contributed by atoms with van der Waals surface area (Å²) in [6.07, 6.45) is -3.57. The van der Waals surface area contributed by atoms with Crippen LogP contribution in [0.15, 0.2) is 46.9 Å². The van der Waals surface area contributed by atoms with Crippen molar-refractivity contribution in [2.75, 3.05) is 6.61 Å². The molecule has 1 aliphatic rings. The molecule has 2 heterocycles. The molecule has 2 aromatic carbocycles. The fourth-order valence-electron chi connectivity index (χ4n) is 3.76. The molecule has 0 bridgehead atoms. The van der Waals surface area contributed by atoms with Gasteiger partial charge in [0.2, 0.25) is 5.89 Å². The van der Waals surface area contributed by atoms with Crippen LogP contribution in [0.5, 0.6) is 0 Å². The molecule has 3 N–H and O–H groups in total. The topological polar surface area (TPSA) is 109 Å². The molecular weight excluding hydrogens is 391 g/mol. The number of aliphatic hydroxyl groups excluding tert-OH is 3. The van der Waals surface area contributed by atoms with Crippen LogP contribution in [-0.4, -0.2) is 50.4 Å². The molecule has 30 heavy (non-hydrogen) atoms. The van der Waals surface area contributed by atoms with Crippen molar-refractivity contribution in [3.8, 4) is 22.6 Å². The van der Waals surface area contributed by atoms with Crippen LogP contribution in [-0.2, 0) is 4.74 Å². The second kappa shape index (κ2) is 8.23. The van der Waals surface area contributed by atoms with Crippen LogP contribution in [0.4, 0.5) is 4.39 Å². The molecule has 0 spiro atoms. The van der Waals surface area contributed by atoms with Crippen molar-refractivity contribution in [3.63, 3.8) is 0 Å². The Morgan fingerprint density at radius 1 is 1.03 bits per heavy atom. The van der Waals surface area contributed by atoms with Gasteiger partial charge in [0.15, 0.2) is 0 Å². The summed E-state index contributed by atoms with van der Waals surface area (Å²) in [5.74, 6) is -0.438. The first-order valence-corrected chi connectivity index (χ1v) is 9.72. The Kier molecular flexibility index (Phi) is 5.66. The largest absolute Gasteiger partial charge is 0.421 e. The smallest absolute Gasteiger partial charge is 0.250 e. The van der Waals surface area contributed by atoms with Crippen LogP contribution >= 0.6 is 0 Å². The molecule has 1 saturated heterocycles. The number of hydrogen-bond donors (Lipinski definition) is 3. The number of benzene rings is 2. The van der Waals surface area contributed by atoms with Gasteiger partial charge in [0.05, 0.1) is 24.4 Å². The van der Waals surface area contributed by atoms with Gasteiger partial charge in [-0.25, -0.2) is 4.39 Å². The molecule has 8 heteroatoms. The van der Waals surface area contributed by atoms with Crippen LogP contribution in [0.2, 0.25) is 0 Å². The van der Waals surface area contributed by atoms with Crippen molar-refractivity contribution in [2.45, 2.75) is 38.3 Å². The molecule has 158 valence electrons. The van der Waals surface area contributed by atoms with Gasteiger partial charge in [0.1, 0.15) is 18.0 Å². The normalized spacial score (nSPS) is 26.7. The van der Waals surface area contributed by atoms with E-state index < -0.39 is 36.2 Å². The van der Waals surface area contributed by atoms with Gasteiger partial charge in [0, 0.05) is 12.8 Å². The first-order chi connectivity index (χ1) is 14.4. The van der Waals surface area contributed by atoms with Crippen molar-refractivity contribution < 1.29 is 28.9 Å². The lowest BCUT2D eigenvalue weighted by Crippen LogP contribution is -2.50. The number of aromatic nitrogens is 2. The van der Waals surface area contributed by atoms with Gasteiger partial charge in [0.25, 0.3) is 5.89 Å². The third-order valence-electron chi connectivity index (χ3n) is 5.56. The molecule has 5 atom stereocenters. The fraction of sp³-hybridized carbons (Fsp3) is 0.364. The number of hydrogen-bond acceptors (Lipinski definition) is 7. The fourth-order valence-corrected chi connectivity index (χ4v) is 3.76. The van der Waals surface area contributed by atoms with E-state index in [0.29, 0.717) is 22.6 Å². The van der Waals surface area contributed by atoms with E-state index >= 15 is 0 Å². The summed E-state index contributed by atoms with van der Waals surface area (Å²) in [6, 6.07) is 11.8. The maximum absolute atomic E-state index is 14.7. The summed E-state index contributed by atoms with van der Waals surface area (Å²) in [6.45, 7) is 3.09. The first kappa shape index (κ1) is 20.6. The highest BCUT2D eigenvalue weighted by atomic mass is 19.1. The summed E-state index contributed by atoms with van der Waals surface area (Å²) in [5.41, 5.74) is 2.17. The van der Waals surface area contributed by atoms with Crippen molar-refractivity contribution in [1.82, 2.24) is 10.2 Å². The number of ether oxygens (including phenoxy) is 1. The second-order valence-corrected chi connectivity index (χ2v) is 7.56. The maximum Gasteiger partial charge on any atom is 0.250 e. The van der Waals surface area contributed by atoms with E-state index in [-0.39, 0.29) is 18.1 Å². The molecule has 0 aliphatic carbocycles. The van der Waals surface area contributed by atoms with Gasteiger partial charge in [-0.1, -0.05) is 31.2 Å². The first-order valence-electron chi connectivity index (χ1n) is 9.72. The molecule has 1 aromatic heterocycles. The molecule has 1 aliphatic heterocycles. The number of aryl methyl sites for hydroxylation is 1. The minimum Gasteiger partial charge on any atom is -0.421 e. The van der Waals surface area contributed by atoms with E-state index in [1.165, 1.54) is 6.07 Å². The number of rotatable bonds is 4. The third kappa shape index (κ3) is 3.75. The van der Waals surface area contributed by atoms with Gasteiger partial charge in [-0.3, -0.25) is 0 Å². The van der Waals surface area contributed by atoms with Crippen LogP contribution in [0, 0.1) is 18.7 Å². The molecule has 5 unspecified atom stereocenters. The number of halogens is 1. The second-order valence-electron chi connectivity index (χ2n) is 7.56. The molecular formula is C22H23FN2O5. The van der Waals surface area contributed by atoms with E-state index in [4.69, 9.17) is 9.15 Å². The lowest BCUT2D eigenvalue weighted by atomic mass is 9.85. The van der Waals surface area contributed by atoms with Crippen LogP contribution in [0.3, 0.4) is 0 Å². The van der Waals surface area contributed by atoms with E-state index in [9.17, 15) is 19.7 Å². The maximum atomic E-state index is 14.7. The number of aliphatic hydroxyl groups is 3. The Bertz CT molecular complexity index is 1040. The summed E-state index contributed by atoms with van der Waals surface area (Å²) in [4.78, 5) is 0. The van der Waals surface area contributed by atoms with Crippen LogP contribution in [0.25, 0.3) is 22.6 Å². The zero-order valence-electron chi connectivity index (χ0n) is 16.6. The molecule has 4 rings (SSSR count). The molecule has 0 amide bonds.